The molecule has 0 bridgehead atoms. The van der Waals surface area contributed by atoms with Crippen LogP contribution in [0.25, 0.3) is 0 Å². The van der Waals surface area contributed by atoms with Gasteiger partial charge in [-0.05, 0) is 0 Å². The average Bonchev–Trinajstić information content (AvgIpc) is 2.16. The van der Waals surface area contributed by atoms with Crippen molar-refractivity contribution in [2.75, 3.05) is 0 Å². The first-order chi connectivity index (χ1) is 6.41. The van der Waals surface area contributed by atoms with Gasteiger partial charge in [0.15, 0.2) is 0 Å². The van der Waals surface area contributed by atoms with Gasteiger partial charge < -0.3 is 0 Å². The maximum absolute atomic E-state index is 2.31. The van der Waals surface area contributed by atoms with Gasteiger partial charge in [0.1, 0.15) is 0 Å². The molecule has 0 heterocycles. The summed E-state index contributed by atoms with van der Waals surface area (Å²) in [5, 5.41) is 0. The monoisotopic (exact) mass is 290 g/mol. The van der Waals surface area contributed by atoms with Gasteiger partial charge in [0.2, 0.25) is 0 Å². The van der Waals surface area contributed by atoms with Gasteiger partial charge in [0.05, 0.1) is 0 Å². The number of rotatable bonds is 10. The Bertz CT molecular complexity index is 71.2. The summed E-state index contributed by atoms with van der Waals surface area (Å²) in [5.41, 5.74) is 0. The molecule has 0 rings (SSSR count). The van der Waals surface area contributed by atoms with Crippen LogP contribution in [-0.4, -0.2) is 21.1 Å². The SMILES string of the molecule is CCCCCCC[CH2][Sn+2][CH2]CCC. The van der Waals surface area contributed by atoms with Crippen LogP contribution in [0.4, 0.5) is 0 Å². The molecule has 0 N–H and O–H groups in total. The Labute approximate surface area is 95.1 Å². The molecule has 0 aliphatic carbocycles. The molecule has 76 valence electrons. The van der Waals surface area contributed by atoms with Gasteiger partial charge in [-0.3, -0.25) is 0 Å². The van der Waals surface area contributed by atoms with E-state index >= 15 is 0 Å². The second kappa shape index (κ2) is 12.8. The third-order valence-corrected chi connectivity index (χ3v) is 6.45. The summed E-state index contributed by atoms with van der Waals surface area (Å²) in [5.74, 6) is 0. The zero-order valence-electron chi connectivity index (χ0n) is 9.57. The second-order valence-corrected chi connectivity index (χ2v) is 8.15. The number of unbranched alkanes of at least 4 members (excludes halogenated alkanes) is 6. The molecule has 0 aromatic heterocycles. The fraction of sp³-hybridized carbons (Fsp3) is 1.00. The van der Waals surface area contributed by atoms with Crippen LogP contribution in [0.2, 0.25) is 8.87 Å². The fourth-order valence-corrected chi connectivity index (χ4v) is 5.32. The summed E-state index contributed by atoms with van der Waals surface area (Å²) in [7, 11) is 0. The molecule has 0 aliphatic rings. The van der Waals surface area contributed by atoms with Crippen molar-refractivity contribution in [3.63, 3.8) is 0 Å². The van der Waals surface area contributed by atoms with Crippen molar-refractivity contribution in [2.24, 2.45) is 0 Å². The zero-order valence-corrected chi connectivity index (χ0v) is 12.4. The fourth-order valence-electron chi connectivity index (χ4n) is 1.46. The van der Waals surface area contributed by atoms with Crippen LogP contribution >= 0.6 is 0 Å². The van der Waals surface area contributed by atoms with Crippen LogP contribution < -0.4 is 0 Å². The molecule has 0 fully saturated rings. The van der Waals surface area contributed by atoms with E-state index in [2.05, 4.69) is 13.8 Å². The number of hydrogen-bond acceptors (Lipinski definition) is 0. The third-order valence-electron chi connectivity index (χ3n) is 2.41. The van der Waals surface area contributed by atoms with E-state index in [9.17, 15) is 0 Å². The Hall–Kier alpha value is 0.799. The average molecular weight is 289 g/mol. The summed E-state index contributed by atoms with van der Waals surface area (Å²) in [4.78, 5) is 0. The van der Waals surface area contributed by atoms with Crippen molar-refractivity contribution in [3.8, 4) is 0 Å². The van der Waals surface area contributed by atoms with Crippen LogP contribution in [0.1, 0.15) is 65.2 Å². The summed E-state index contributed by atoms with van der Waals surface area (Å²) in [6.45, 7) is 4.60. The zero-order chi connectivity index (χ0) is 9.78. The maximum atomic E-state index is 2.31. The summed E-state index contributed by atoms with van der Waals surface area (Å²) < 4.78 is 3.28. The van der Waals surface area contributed by atoms with Gasteiger partial charge in [0.25, 0.3) is 0 Å². The van der Waals surface area contributed by atoms with Crippen molar-refractivity contribution < 1.29 is 0 Å². The summed E-state index contributed by atoms with van der Waals surface area (Å²) in [6, 6.07) is 0. The molecule has 0 atom stereocenters. The van der Waals surface area contributed by atoms with E-state index in [0.29, 0.717) is 0 Å². The second-order valence-electron chi connectivity index (χ2n) is 3.87. The molecule has 0 spiro atoms. The van der Waals surface area contributed by atoms with E-state index in [4.69, 9.17) is 0 Å². The predicted molar refractivity (Wildman–Crippen MR) is 63.7 cm³/mol. The summed E-state index contributed by atoms with van der Waals surface area (Å²) >= 11 is 0.112. The standard InChI is InChI=1S/C8H17.C4H9.Sn/c1-3-5-7-8-6-4-2;1-3-4-2;/h1,3-8H2,2H3;1,3-4H2,2H3;/q;;+2. The van der Waals surface area contributed by atoms with Crippen LogP contribution in [0, 0.1) is 0 Å². The van der Waals surface area contributed by atoms with Gasteiger partial charge in [-0.1, -0.05) is 0 Å². The molecule has 0 nitrogen and oxygen atoms in total. The quantitative estimate of drug-likeness (QED) is 0.404. The molecule has 0 aromatic rings. The van der Waals surface area contributed by atoms with E-state index in [1.807, 2.05) is 0 Å². The topological polar surface area (TPSA) is 0 Å². The third kappa shape index (κ3) is 12.8. The molecule has 0 unspecified atom stereocenters. The van der Waals surface area contributed by atoms with E-state index < -0.39 is 0 Å². The predicted octanol–water partition coefficient (Wildman–Crippen LogP) is 4.69. The molecule has 13 heavy (non-hydrogen) atoms. The molecule has 0 saturated carbocycles. The van der Waals surface area contributed by atoms with Crippen molar-refractivity contribution >= 4 is 21.1 Å². The van der Waals surface area contributed by atoms with Gasteiger partial charge in [-0.15, -0.1) is 0 Å². The Morgan fingerprint density at radius 1 is 0.615 bits per heavy atom. The van der Waals surface area contributed by atoms with Gasteiger partial charge in [0, 0.05) is 0 Å². The molecule has 0 saturated heterocycles. The minimum atomic E-state index is 0.112. The summed E-state index contributed by atoms with van der Waals surface area (Å²) in [6.07, 6.45) is 11.8. The van der Waals surface area contributed by atoms with Crippen molar-refractivity contribution in [1.82, 2.24) is 0 Å². The first-order valence-corrected chi connectivity index (χ1v) is 10.2. The molecule has 0 radical (unpaired) electrons. The van der Waals surface area contributed by atoms with Gasteiger partial charge in [-0.2, -0.15) is 0 Å². The molecule has 1 heteroatoms. The molecular weight excluding hydrogens is 263 g/mol. The molecule has 0 aliphatic heterocycles. The Morgan fingerprint density at radius 3 is 1.85 bits per heavy atom. The Morgan fingerprint density at radius 2 is 1.15 bits per heavy atom. The van der Waals surface area contributed by atoms with E-state index in [-0.39, 0.29) is 21.1 Å². The Kier molecular flexibility index (Phi) is 13.6. The molecule has 0 aromatic carbocycles. The first-order valence-electron chi connectivity index (χ1n) is 6.12. The van der Waals surface area contributed by atoms with Crippen LogP contribution in [0.15, 0.2) is 0 Å². The molecular formula is C12H26Sn+2. The molecule has 0 amide bonds. The van der Waals surface area contributed by atoms with Crippen molar-refractivity contribution in [3.05, 3.63) is 0 Å². The van der Waals surface area contributed by atoms with E-state index in [1.54, 1.807) is 15.3 Å². The van der Waals surface area contributed by atoms with Crippen molar-refractivity contribution in [1.29, 1.82) is 0 Å². The normalized spacial score (nSPS) is 10.0. The first kappa shape index (κ1) is 13.8. The van der Waals surface area contributed by atoms with Crippen LogP contribution in [-0.2, 0) is 0 Å². The van der Waals surface area contributed by atoms with Gasteiger partial charge >= 0.3 is 95.2 Å². The van der Waals surface area contributed by atoms with E-state index in [1.165, 1.54) is 44.9 Å². The minimum absolute atomic E-state index is 0.112. The number of hydrogen-bond donors (Lipinski definition) is 0. The van der Waals surface area contributed by atoms with Crippen LogP contribution in [0.3, 0.4) is 0 Å². The van der Waals surface area contributed by atoms with Crippen molar-refractivity contribution in [2.45, 2.75) is 74.1 Å². The van der Waals surface area contributed by atoms with E-state index in [0.717, 1.165) is 0 Å². The Balaban J connectivity index is 2.76. The van der Waals surface area contributed by atoms with Crippen LogP contribution in [0.5, 0.6) is 0 Å². The van der Waals surface area contributed by atoms with Gasteiger partial charge in [-0.25, -0.2) is 0 Å².